The Balaban J connectivity index is 2.46. The molecule has 0 aliphatic carbocycles. The van der Waals surface area contributed by atoms with Crippen LogP contribution in [0.4, 0.5) is 0 Å². The SMILES string of the molecule is CCOC[C@H](C)OC(=O)c1occc1C. The normalized spacial score (nSPS) is 12.5. The molecule has 1 atom stereocenters. The van der Waals surface area contributed by atoms with Gasteiger partial charge in [0.1, 0.15) is 6.10 Å². The molecule has 0 saturated carbocycles. The minimum Gasteiger partial charge on any atom is -0.457 e. The average molecular weight is 212 g/mol. The zero-order valence-corrected chi connectivity index (χ0v) is 9.28. The zero-order chi connectivity index (χ0) is 11.3. The third-order valence-corrected chi connectivity index (χ3v) is 1.91. The monoisotopic (exact) mass is 212 g/mol. The highest BCUT2D eigenvalue weighted by atomic mass is 16.6. The van der Waals surface area contributed by atoms with Crippen LogP contribution >= 0.6 is 0 Å². The van der Waals surface area contributed by atoms with Gasteiger partial charge in [0.2, 0.25) is 5.76 Å². The van der Waals surface area contributed by atoms with E-state index in [9.17, 15) is 4.79 Å². The van der Waals surface area contributed by atoms with Crippen LogP contribution in [0, 0.1) is 6.92 Å². The molecular weight excluding hydrogens is 196 g/mol. The molecule has 0 bridgehead atoms. The van der Waals surface area contributed by atoms with Gasteiger partial charge in [-0.1, -0.05) is 0 Å². The molecular formula is C11H16O4. The van der Waals surface area contributed by atoms with Gasteiger partial charge in [-0.3, -0.25) is 0 Å². The zero-order valence-electron chi connectivity index (χ0n) is 9.28. The fourth-order valence-electron chi connectivity index (χ4n) is 1.14. The number of aryl methyl sites for hydroxylation is 1. The summed E-state index contributed by atoms with van der Waals surface area (Å²) in [5.41, 5.74) is 0.781. The van der Waals surface area contributed by atoms with Crippen LogP contribution < -0.4 is 0 Å². The Bertz CT molecular complexity index is 316. The summed E-state index contributed by atoms with van der Waals surface area (Å²) < 4.78 is 15.3. The van der Waals surface area contributed by atoms with E-state index in [-0.39, 0.29) is 11.9 Å². The number of carbonyl (C=O) groups excluding carboxylic acids is 1. The Kier molecular flexibility index (Phi) is 4.37. The second-order valence-electron chi connectivity index (χ2n) is 3.31. The maximum atomic E-state index is 11.5. The molecule has 1 aromatic heterocycles. The van der Waals surface area contributed by atoms with Crippen LogP contribution in [0.5, 0.6) is 0 Å². The predicted octanol–water partition coefficient (Wildman–Crippen LogP) is 2.17. The molecule has 1 heterocycles. The van der Waals surface area contributed by atoms with Gasteiger partial charge >= 0.3 is 5.97 Å². The van der Waals surface area contributed by atoms with E-state index in [1.165, 1.54) is 6.26 Å². The highest BCUT2D eigenvalue weighted by Crippen LogP contribution is 2.11. The van der Waals surface area contributed by atoms with Crippen molar-refractivity contribution in [2.45, 2.75) is 26.9 Å². The fraction of sp³-hybridized carbons (Fsp3) is 0.545. The van der Waals surface area contributed by atoms with Gasteiger partial charge < -0.3 is 13.9 Å². The molecule has 0 aromatic carbocycles. The Morgan fingerprint density at radius 2 is 2.33 bits per heavy atom. The summed E-state index contributed by atoms with van der Waals surface area (Å²) in [5.74, 6) is -0.178. The molecule has 0 radical (unpaired) electrons. The maximum absolute atomic E-state index is 11.5. The second kappa shape index (κ2) is 5.56. The summed E-state index contributed by atoms with van der Waals surface area (Å²) in [6.07, 6.45) is 1.21. The van der Waals surface area contributed by atoms with Crippen molar-refractivity contribution in [1.82, 2.24) is 0 Å². The van der Waals surface area contributed by atoms with Crippen molar-refractivity contribution in [3.63, 3.8) is 0 Å². The number of carbonyl (C=O) groups is 1. The van der Waals surface area contributed by atoms with Crippen molar-refractivity contribution >= 4 is 5.97 Å². The van der Waals surface area contributed by atoms with Crippen LogP contribution in [0.3, 0.4) is 0 Å². The van der Waals surface area contributed by atoms with Gasteiger partial charge in [0.25, 0.3) is 0 Å². The third-order valence-electron chi connectivity index (χ3n) is 1.91. The van der Waals surface area contributed by atoms with Crippen LogP contribution in [0.2, 0.25) is 0 Å². The molecule has 0 aliphatic rings. The van der Waals surface area contributed by atoms with Crippen molar-refractivity contribution in [2.75, 3.05) is 13.2 Å². The Morgan fingerprint density at radius 1 is 1.60 bits per heavy atom. The first kappa shape index (κ1) is 11.8. The van der Waals surface area contributed by atoms with E-state index < -0.39 is 5.97 Å². The van der Waals surface area contributed by atoms with Crippen molar-refractivity contribution in [2.24, 2.45) is 0 Å². The van der Waals surface area contributed by atoms with Crippen LogP contribution in [0.25, 0.3) is 0 Å². The largest absolute Gasteiger partial charge is 0.457 e. The highest BCUT2D eigenvalue weighted by Gasteiger charge is 2.17. The fourth-order valence-corrected chi connectivity index (χ4v) is 1.14. The van der Waals surface area contributed by atoms with Crippen LogP contribution in [0.15, 0.2) is 16.7 Å². The van der Waals surface area contributed by atoms with Crippen LogP contribution in [-0.4, -0.2) is 25.3 Å². The van der Waals surface area contributed by atoms with E-state index in [1.54, 1.807) is 19.9 Å². The summed E-state index contributed by atoms with van der Waals surface area (Å²) in [6.45, 7) is 6.49. The lowest BCUT2D eigenvalue weighted by molar-refractivity contribution is 0.00169. The molecule has 0 spiro atoms. The van der Waals surface area contributed by atoms with Crippen LogP contribution in [0.1, 0.15) is 30.0 Å². The summed E-state index contributed by atoms with van der Waals surface area (Å²) in [6, 6.07) is 1.73. The smallest absolute Gasteiger partial charge is 0.374 e. The second-order valence-corrected chi connectivity index (χ2v) is 3.31. The molecule has 15 heavy (non-hydrogen) atoms. The van der Waals surface area contributed by atoms with Gasteiger partial charge in [0.05, 0.1) is 12.9 Å². The van der Waals surface area contributed by atoms with E-state index in [4.69, 9.17) is 13.9 Å². The lowest BCUT2D eigenvalue weighted by Gasteiger charge is -2.11. The maximum Gasteiger partial charge on any atom is 0.374 e. The molecule has 1 rings (SSSR count). The molecule has 4 heteroatoms. The summed E-state index contributed by atoms with van der Waals surface area (Å²) in [7, 11) is 0. The Morgan fingerprint density at radius 3 is 2.87 bits per heavy atom. The molecule has 0 N–H and O–H groups in total. The molecule has 1 aromatic rings. The van der Waals surface area contributed by atoms with Crippen LogP contribution in [-0.2, 0) is 9.47 Å². The number of rotatable bonds is 5. The first-order valence-corrected chi connectivity index (χ1v) is 4.98. The van der Waals surface area contributed by atoms with E-state index in [2.05, 4.69) is 0 Å². The average Bonchev–Trinajstić information content (AvgIpc) is 2.61. The molecule has 0 aliphatic heterocycles. The summed E-state index contributed by atoms with van der Waals surface area (Å²) in [5, 5.41) is 0. The molecule has 0 amide bonds. The van der Waals surface area contributed by atoms with E-state index in [0.717, 1.165) is 5.56 Å². The lowest BCUT2D eigenvalue weighted by atomic mass is 10.3. The van der Waals surface area contributed by atoms with E-state index in [1.807, 2.05) is 6.92 Å². The highest BCUT2D eigenvalue weighted by molar-refractivity contribution is 5.87. The predicted molar refractivity (Wildman–Crippen MR) is 54.8 cm³/mol. The number of hydrogen-bond acceptors (Lipinski definition) is 4. The minimum absolute atomic E-state index is 0.262. The van der Waals surface area contributed by atoms with E-state index in [0.29, 0.717) is 13.2 Å². The lowest BCUT2D eigenvalue weighted by Crippen LogP contribution is -2.20. The standard InChI is InChI=1S/C11H16O4/c1-4-13-7-9(3)15-11(12)10-8(2)5-6-14-10/h5-6,9H,4,7H2,1-3H3/t9-/m0/s1. The summed E-state index contributed by atoms with van der Waals surface area (Å²) >= 11 is 0. The van der Waals surface area contributed by atoms with Crippen molar-refractivity contribution in [1.29, 1.82) is 0 Å². The van der Waals surface area contributed by atoms with Gasteiger partial charge in [-0.25, -0.2) is 4.79 Å². The molecule has 0 fully saturated rings. The van der Waals surface area contributed by atoms with Crippen molar-refractivity contribution < 1.29 is 18.7 Å². The summed E-state index contributed by atoms with van der Waals surface area (Å²) in [4.78, 5) is 11.5. The molecule has 0 saturated heterocycles. The first-order valence-electron chi connectivity index (χ1n) is 4.98. The Hall–Kier alpha value is -1.29. The third kappa shape index (κ3) is 3.40. The van der Waals surface area contributed by atoms with E-state index >= 15 is 0 Å². The van der Waals surface area contributed by atoms with Gasteiger partial charge in [-0.05, 0) is 26.8 Å². The number of furan rings is 1. The van der Waals surface area contributed by atoms with Gasteiger partial charge in [-0.15, -0.1) is 0 Å². The molecule has 0 unspecified atom stereocenters. The number of hydrogen-bond donors (Lipinski definition) is 0. The van der Waals surface area contributed by atoms with Crippen molar-refractivity contribution in [3.05, 3.63) is 23.7 Å². The quantitative estimate of drug-likeness (QED) is 0.702. The minimum atomic E-state index is -0.440. The molecule has 84 valence electrons. The number of esters is 1. The molecule has 4 nitrogen and oxygen atoms in total. The van der Waals surface area contributed by atoms with Gasteiger partial charge in [-0.2, -0.15) is 0 Å². The Labute approximate surface area is 89.2 Å². The van der Waals surface area contributed by atoms with Gasteiger partial charge in [0, 0.05) is 12.2 Å². The van der Waals surface area contributed by atoms with Crippen molar-refractivity contribution in [3.8, 4) is 0 Å². The topological polar surface area (TPSA) is 48.7 Å². The van der Waals surface area contributed by atoms with Gasteiger partial charge in [0.15, 0.2) is 0 Å². The first-order chi connectivity index (χ1) is 7.15. The number of ether oxygens (including phenoxy) is 2.